The maximum Gasteiger partial charge on any atom is 0.417 e. The summed E-state index contributed by atoms with van der Waals surface area (Å²) in [6, 6.07) is 3.69. The minimum Gasteiger partial charge on any atom is -0.326 e. The molecule has 0 saturated carbocycles. The lowest BCUT2D eigenvalue weighted by Gasteiger charge is -2.18. The van der Waals surface area contributed by atoms with Gasteiger partial charge in [-0.1, -0.05) is 28.1 Å². The van der Waals surface area contributed by atoms with E-state index in [-0.39, 0.29) is 22.0 Å². The van der Waals surface area contributed by atoms with Crippen molar-refractivity contribution >= 4 is 27.5 Å². The smallest absolute Gasteiger partial charge is 0.326 e. The Hall–Kier alpha value is -1.30. The van der Waals surface area contributed by atoms with Gasteiger partial charge in [0.25, 0.3) is 0 Å². The summed E-state index contributed by atoms with van der Waals surface area (Å²) in [6.07, 6.45) is 1.67. The van der Waals surface area contributed by atoms with Gasteiger partial charge in [-0.25, -0.2) is 0 Å². The lowest BCUT2D eigenvalue weighted by atomic mass is 9.93. The Balaban J connectivity index is 2.13. The third-order valence-electron chi connectivity index (χ3n) is 3.18. The molecule has 1 aromatic rings. The van der Waals surface area contributed by atoms with E-state index in [0.29, 0.717) is 6.42 Å². The number of halogens is 4. The van der Waals surface area contributed by atoms with Crippen molar-refractivity contribution in [2.45, 2.75) is 25.4 Å². The molecule has 0 heterocycles. The average molecular weight is 348 g/mol. The molecule has 1 atom stereocenters. The van der Waals surface area contributed by atoms with E-state index in [1.54, 1.807) is 0 Å². The van der Waals surface area contributed by atoms with E-state index in [1.165, 1.54) is 12.1 Å². The highest BCUT2D eigenvalue weighted by Crippen LogP contribution is 2.36. The minimum absolute atomic E-state index is 0.0383. The predicted octanol–water partition coefficient (Wildman–Crippen LogP) is 4.76. The molecule has 0 radical (unpaired) electrons. The van der Waals surface area contributed by atoms with Crippen LogP contribution in [-0.2, 0) is 11.0 Å². The van der Waals surface area contributed by atoms with Gasteiger partial charge in [-0.05, 0) is 37.5 Å². The highest BCUT2D eigenvalue weighted by Gasteiger charge is 2.33. The van der Waals surface area contributed by atoms with Crippen molar-refractivity contribution in [2.24, 2.45) is 5.92 Å². The SMILES string of the molecule is O=C(Nc1ccc(Br)c(C(F)(F)F)c1)[C@H]1CC=CCC1. The quantitative estimate of drug-likeness (QED) is 0.767. The number of benzene rings is 1. The first kappa shape index (κ1) is 15.1. The van der Waals surface area contributed by atoms with Crippen molar-refractivity contribution in [1.82, 2.24) is 0 Å². The summed E-state index contributed by atoms with van der Waals surface area (Å²) in [5.74, 6) is -0.400. The molecule has 0 fully saturated rings. The number of hydrogen-bond acceptors (Lipinski definition) is 1. The van der Waals surface area contributed by atoms with E-state index in [0.717, 1.165) is 18.9 Å². The lowest BCUT2D eigenvalue weighted by molar-refractivity contribution is -0.138. The summed E-state index contributed by atoms with van der Waals surface area (Å²) >= 11 is 2.87. The first-order valence-electron chi connectivity index (χ1n) is 6.20. The van der Waals surface area contributed by atoms with Crippen LogP contribution in [0.2, 0.25) is 0 Å². The van der Waals surface area contributed by atoms with E-state index in [4.69, 9.17) is 0 Å². The molecule has 1 aromatic carbocycles. The Bertz CT molecular complexity index is 540. The van der Waals surface area contributed by atoms with Gasteiger partial charge in [0.15, 0.2) is 0 Å². The zero-order chi connectivity index (χ0) is 14.8. The zero-order valence-corrected chi connectivity index (χ0v) is 12.1. The van der Waals surface area contributed by atoms with Crippen molar-refractivity contribution in [3.8, 4) is 0 Å². The van der Waals surface area contributed by atoms with Crippen LogP contribution in [0.15, 0.2) is 34.8 Å². The van der Waals surface area contributed by atoms with Crippen molar-refractivity contribution in [2.75, 3.05) is 5.32 Å². The molecular weight excluding hydrogens is 335 g/mol. The number of carbonyl (C=O) groups excluding carboxylic acids is 1. The molecule has 0 saturated heterocycles. The molecule has 1 aliphatic rings. The van der Waals surface area contributed by atoms with Gasteiger partial charge in [0.2, 0.25) is 5.91 Å². The van der Waals surface area contributed by atoms with Crippen LogP contribution in [0.1, 0.15) is 24.8 Å². The summed E-state index contributed by atoms with van der Waals surface area (Å²) in [5, 5.41) is 2.56. The predicted molar refractivity (Wildman–Crippen MR) is 74.3 cm³/mol. The van der Waals surface area contributed by atoms with Gasteiger partial charge in [0.1, 0.15) is 0 Å². The topological polar surface area (TPSA) is 29.1 Å². The Morgan fingerprint density at radius 1 is 1.30 bits per heavy atom. The van der Waals surface area contributed by atoms with Crippen molar-refractivity contribution < 1.29 is 18.0 Å². The summed E-state index contributed by atoms with van der Waals surface area (Å²) in [7, 11) is 0. The fourth-order valence-corrected chi connectivity index (χ4v) is 2.57. The molecule has 2 nitrogen and oxygen atoms in total. The maximum absolute atomic E-state index is 12.8. The van der Waals surface area contributed by atoms with Crippen LogP contribution in [-0.4, -0.2) is 5.91 Å². The van der Waals surface area contributed by atoms with Crippen LogP contribution >= 0.6 is 15.9 Å². The standard InChI is InChI=1S/C14H13BrF3NO/c15-12-7-6-10(8-11(12)14(16,17)18)19-13(20)9-4-2-1-3-5-9/h1-2,6-9H,3-5H2,(H,19,20)/t9-/m0/s1. The van der Waals surface area contributed by atoms with E-state index in [2.05, 4.69) is 21.2 Å². The van der Waals surface area contributed by atoms with E-state index in [1.807, 2.05) is 12.2 Å². The van der Waals surface area contributed by atoms with Gasteiger partial charge in [-0.2, -0.15) is 13.2 Å². The molecule has 2 rings (SSSR count). The van der Waals surface area contributed by atoms with Crippen LogP contribution in [0.25, 0.3) is 0 Å². The largest absolute Gasteiger partial charge is 0.417 e. The zero-order valence-electron chi connectivity index (χ0n) is 10.5. The van der Waals surface area contributed by atoms with Crippen molar-refractivity contribution in [1.29, 1.82) is 0 Å². The van der Waals surface area contributed by atoms with Crippen LogP contribution < -0.4 is 5.32 Å². The molecular formula is C14H13BrF3NO. The number of hydrogen-bond donors (Lipinski definition) is 1. The van der Waals surface area contributed by atoms with Gasteiger partial charge < -0.3 is 5.32 Å². The molecule has 0 bridgehead atoms. The number of allylic oxidation sites excluding steroid dienone is 2. The Morgan fingerprint density at radius 3 is 2.65 bits per heavy atom. The molecule has 0 aromatic heterocycles. The fourth-order valence-electron chi connectivity index (χ4n) is 2.10. The minimum atomic E-state index is -4.45. The third-order valence-corrected chi connectivity index (χ3v) is 3.87. The van der Waals surface area contributed by atoms with Crippen LogP contribution in [0.3, 0.4) is 0 Å². The van der Waals surface area contributed by atoms with Crippen molar-refractivity contribution in [3.63, 3.8) is 0 Å². The number of carbonyl (C=O) groups is 1. The molecule has 1 aliphatic carbocycles. The first-order valence-corrected chi connectivity index (χ1v) is 7.00. The Labute approximate surface area is 123 Å². The van der Waals surface area contributed by atoms with Gasteiger partial charge in [0.05, 0.1) is 5.56 Å². The van der Waals surface area contributed by atoms with E-state index in [9.17, 15) is 18.0 Å². The summed E-state index contributed by atoms with van der Waals surface area (Å²) < 4.78 is 38.3. The van der Waals surface area contributed by atoms with Crippen LogP contribution in [0.5, 0.6) is 0 Å². The average Bonchev–Trinajstić information content (AvgIpc) is 2.40. The summed E-state index contributed by atoms with van der Waals surface area (Å²) in [4.78, 5) is 12.0. The highest BCUT2D eigenvalue weighted by molar-refractivity contribution is 9.10. The number of anilines is 1. The monoisotopic (exact) mass is 347 g/mol. The second kappa shape index (κ2) is 5.99. The Kier molecular flexibility index (Phi) is 4.52. The number of rotatable bonds is 2. The highest BCUT2D eigenvalue weighted by atomic mass is 79.9. The molecule has 108 valence electrons. The molecule has 0 spiro atoms. The van der Waals surface area contributed by atoms with Crippen LogP contribution in [0.4, 0.5) is 18.9 Å². The summed E-state index contributed by atoms with van der Waals surface area (Å²) in [5.41, 5.74) is -0.626. The lowest BCUT2D eigenvalue weighted by Crippen LogP contribution is -2.23. The van der Waals surface area contributed by atoms with E-state index < -0.39 is 11.7 Å². The molecule has 20 heavy (non-hydrogen) atoms. The van der Waals surface area contributed by atoms with Crippen LogP contribution in [0, 0.1) is 5.92 Å². The fraction of sp³-hybridized carbons (Fsp3) is 0.357. The maximum atomic E-state index is 12.8. The van der Waals surface area contributed by atoms with Gasteiger partial charge in [0, 0.05) is 16.1 Å². The van der Waals surface area contributed by atoms with Crippen molar-refractivity contribution in [3.05, 3.63) is 40.4 Å². The number of alkyl halides is 3. The molecule has 6 heteroatoms. The van der Waals surface area contributed by atoms with Gasteiger partial charge in [-0.15, -0.1) is 0 Å². The third kappa shape index (κ3) is 3.62. The normalized spacial score (nSPS) is 18.9. The molecule has 0 aliphatic heterocycles. The summed E-state index contributed by atoms with van der Waals surface area (Å²) in [6.45, 7) is 0. The number of amides is 1. The second-order valence-electron chi connectivity index (χ2n) is 4.66. The molecule has 1 amide bonds. The Morgan fingerprint density at radius 2 is 2.05 bits per heavy atom. The molecule has 1 N–H and O–H groups in total. The first-order chi connectivity index (χ1) is 9.38. The molecule has 0 unspecified atom stereocenters. The van der Waals surface area contributed by atoms with E-state index >= 15 is 0 Å². The van der Waals surface area contributed by atoms with Gasteiger partial charge in [-0.3, -0.25) is 4.79 Å². The second-order valence-corrected chi connectivity index (χ2v) is 5.52. The van der Waals surface area contributed by atoms with Gasteiger partial charge >= 0.3 is 6.18 Å². The number of nitrogens with one attached hydrogen (secondary N) is 1.